The highest BCUT2D eigenvalue weighted by molar-refractivity contribution is 5.81. The standard InChI is InChI=1S/C23H34N4O4/c1-16(2)17(3)24-22(28)18-8-14-26(15-9-18)23(29)19-10-12-25(13-11-19)20-6-4-5-7-21(20)27(30)31/h4-7,16-19H,8-15H2,1-3H3,(H,24,28). The van der Waals surface area contributed by atoms with Gasteiger partial charge in [-0.3, -0.25) is 19.7 Å². The third-order valence-electron chi connectivity index (χ3n) is 6.81. The SMILES string of the molecule is CC(C)C(C)NC(=O)C1CCN(C(=O)C2CCN(c3ccccc3[N+](=O)[O-])CC2)CC1. The molecule has 0 radical (unpaired) electrons. The van der Waals surface area contributed by atoms with Gasteiger partial charge in [0.1, 0.15) is 5.69 Å². The van der Waals surface area contributed by atoms with E-state index in [2.05, 4.69) is 19.2 Å². The lowest BCUT2D eigenvalue weighted by atomic mass is 9.91. The molecule has 8 heteroatoms. The molecule has 2 amide bonds. The Balaban J connectivity index is 1.49. The molecule has 2 fully saturated rings. The maximum absolute atomic E-state index is 13.0. The Morgan fingerprint density at radius 1 is 1.00 bits per heavy atom. The number of carbonyl (C=O) groups excluding carboxylic acids is 2. The second kappa shape index (κ2) is 10.1. The summed E-state index contributed by atoms with van der Waals surface area (Å²) in [4.78, 5) is 40.3. The minimum absolute atomic E-state index is 0.0225. The van der Waals surface area contributed by atoms with E-state index in [1.807, 2.05) is 22.8 Å². The number of piperidine rings is 2. The number of rotatable bonds is 6. The van der Waals surface area contributed by atoms with E-state index in [4.69, 9.17) is 0 Å². The fraction of sp³-hybridized carbons (Fsp3) is 0.652. The van der Waals surface area contributed by atoms with E-state index in [0.29, 0.717) is 63.5 Å². The molecule has 0 spiro atoms. The van der Waals surface area contributed by atoms with Crippen molar-refractivity contribution < 1.29 is 14.5 Å². The molecule has 2 aliphatic rings. The number of likely N-dealkylation sites (tertiary alicyclic amines) is 1. The zero-order valence-electron chi connectivity index (χ0n) is 18.8. The van der Waals surface area contributed by atoms with Gasteiger partial charge in [-0.25, -0.2) is 0 Å². The number of anilines is 1. The molecule has 1 aromatic rings. The predicted molar refractivity (Wildman–Crippen MR) is 120 cm³/mol. The van der Waals surface area contributed by atoms with Crippen LogP contribution in [-0.4, -0.2) is 53.9 Å². The third kappa shape index (κ3) is 5.54. The second-order valence-electron chi connectivity index (χ2n) is 9.15. The van der Waals surface area contributed by atoms with Gasteiger partial charge in [-0.15, -0.1) is 0 Å². The van der Waals surface area contributed by atoms with Gasteiger partial charge in [-0.2, -0.15) is 0 Å². The van der Waals surface area contributed by atoms with Crippen molar-refractivity contribution in [1.82, 2.24) is 10.2 Å². The summed E-state index contributed by atoms with van der Waals surface area (Å²) in [5, 5.41) is 14.4. The summed E-state index contributed by atoms with van der Waals surface area (Å²) < 4.78 is 0. The number of carbonyl (C=O) groups is 2. The molecule has 0 aromatic heterocycles. The van der Waals surface area contributed by atoms with Crippen molar-refractivity contribution in [3.8, 4) is 0 Å². The summed E-state index contributed by atoms with van der Waals surface area (Å²) in [5.41, 5.74) is 0.736. The lowest BCUT2D eigenvalue weighted by Crippen LogP contribution is -2.48. The van der Waals surface area contributed by atoms with Gasteiger partial charge < -0.3 is 15.1 Å². The number of nitro benzene ring substituents is 1. The zero-order chi connectivity index (χ0) is 22.5. The van der Waals surface area contributed by atoms with Crippen LogP contribution in [0, 0.1) is 27.9 Å². The highest BCUT2D eigenvalue weighted by Gasteiger charge is 2.33. The smallest absolute Gasteiger partial charge is 0.292 e. The number of hydrogen-bond donors (Lipinski definition) is 1. The van der Waals surface area contributed by atoms with Crippen LogP contribution >= 0.6 is 0 Å². The van der Waals surface area contributed by atoms with E-state index in [1.165, 1.54) is 6.07 Å². The Kier molecular flexibility index (Phi) is 7.51. The summed E-state index contributed by atoms with van der Waals surface area (Å²) in [6, 6.07) is 6.93. The van der Waals surface area contributed by atoms with Gasteiger partial charge in [0.05, 0.1) is 4.92 Å². The van der Waals surface area contributed by atoms with E-state index < -0.39 is 0 Å². The van der Waals surface area contributed by atoms with Crippen LogP contribution in [0.2, 0.25) is 0 Å². The van der Waals surface area contributed by atoms with Gasteiger partial charge in [0.15, 0.2) is 0 Å². The average molecular weight is 431 g/mol. The molecule has 1 atom stereocenters. The summed E-state index contributed by atoms with van der Waals surface area (Å²) in [7, 11) is 0. The van der Waals surface area contributed by atoms with Crippen LogP contribution in [0.5, 0.6) is 0 Å². The molecule has 1 N–H and O–H groups in total. The van der Waals surface area contributed by atoms with Gasteiger partial charge in [-0.1, -0.05) is 26.0 Å². The molecular weight excluding hydrogens is 396 g/mol. The van der Waals surface area contributed by atoms with Gasteiger partial charge >= 0.3 is 0 Å². The molecule has 3 rings (SSSR count). The van der Waals surface area contributed by atoms with E-state index in [1.54, 1.807) is 12.1 Å². The Labute approximate surface area is 184 Å². The van der Waals surface area contributed by atoms with Crippen molar-refractivity contribution >= 4 is 23.2 Å². The number of para-hydroxylation sites is 2. The van der Waals surface area contributed by atoms with E-state index in [-0.39, 0.29) is 40.3 Å². The van der Waals surface area contributed by atoms with Crippen molar-refractivity contribution in [3.63, 3.8) is 0 Å². The van der Waals surface area contributed by atoms with E-state index in [9.17, 15) is 19.7 Å². The number of hydrogen-bond acceptors (Lipinski definition) is 5. The number of nitrogens with one attached hydrogen (secondary N) is 1. The quantitative estimate of drug-likeness (QED) is 0.552. The Morgan fingerprint density at radius 2 is 1.58 bits per heavy atom. The highest BCUT2D eigenvalue weighted by Crippen LogP contribution is 2.32. The van der Waals surface area contributed by atoms with Crippen LogP contribution in [0.1, 0.15) is 46.5 Å². The second-order valence-corrected chi connectivity index (χ2v) is 9.15. The van der Waals surface area contributed by atoms with Crippen molar-refractivity contribution in [2.24, 2.45) is 17.8 Å². The molecule has 0 saturated carbocycles. The fourth-order valence-electron chi connectivity index (χ4n) is 4.38. The molecule has 1 unspecified atom stereocenters. The number of nitro groups is 1. The number of benzene rings is 1. The first-order valence-electron chi connectivity index (χ1n) is 11.4. The van der Waals surface area contributed by atoms with Crippen molar-refractivity contribution in [3.05, 3.63) is 34.4 Å². The third-order valence-corrected chi connectivity index (χ3v) is 6.81. The van der Waals surface area contributed by atoms with E-state index in [0.717, 1.165) is 0 Å². The summed E-state index contributed by atoms with van der Waals surface area (Å²) in [6.45, 7) is 8.72. The fourth-order valence-corrected chi connectivity index (χ4v) is 4.38. The molecule has 8 nitrogen and oxygen atoms in total. The summed E-state index contributed by atoms with van der Waals surface area (Å²) in [5.74, 6) is 0.590. The van der Waals surface area contributed by atoms with E-state index >= 15 is 0 Å². The Morgan fingerprint density at radius 3 is 2.16 bits per heavy atom. The topological polar surface area (TPSA) is 95.8 Å². The van der Waals surface area contributed by atoms with Gasteiger partial charge in [0.2, 0.25) is 11.8 Å². The van der Waals surface area contributed by atoms with Crippen LogP contribution in [0.4, 0.5) is 11.4 Å². The largest absolute Gasteiger partial charge is 0.366 e. The minimum atomic E-state index is -0.352. The number of amides is 2. The maximum atomic E-state index is 13.0. The van der Waals surface area contributed by atoms with Crippen molar-refractivity contribution in [2.45, 2.75) is 52.5 Å². The number of nitrogens with zero attached hydrogens (tertiary/aromatic N) is 3. The average Bonchev–Trinajstić information content (AvgIpc) is 2.78. The molecule has 2 saturated heterocycles. The van der Waals surface area contributed by atoms with Gasteiger partial charge in [-0.05, 0) is 44.6 Å². The van der Waals surface area contributed by atoms with Crippen LogP contribution < -0.4 is 10.2 Å². The molecule has 0 bridgehead atoms. The molecule has 31 heavy (non-hydrogen) atoms. The monoisotopic (exact) mass is 430 g/mol. The van der Waals surface area contributed by atoms with Crippen LogP contribution in [-0.2, 0) is 9.59 Å². The van der Waals surface area contributed by atoms with Crippen LogP contribution in [0.3, 0.4) is 0 Å². The summed E-state index contributed by atoms with van der Waals surface area (Å²) >= 11 is 0. The first kappa shape index (κ1) is 23.0. The first-order chi connectivity index (χ1) is 14.8. The highest BCUT2D eigenvalue weighted by atomic mass is 16.6. The minimum Gasteiger partial charge on any atom is -0.366 e. The molecule has 2 heterocycles. The van der Waals surface area contributed by atoms with Gasteiger partial charge in [0, 0.05) is 50.1 Å². The molecular formula is C23H34N4O4. The summed E-state index contributed by atoms with van der Waals surface area (Å²) in [6.07, 6.45) is 2.79. The first-order valence-corrected chi connectivity index (χ1v) is 11.4. The van der Waals surface area contributed by atoms with Crippen molar-refractivity contribution in [2.75, 3.05) is 31.1 Å². The maximum Gasteiger partial charge on any atom is 0.292 e. The molecule has 2 aliphatic heterocycles. The van der Waals surface area contributed by atoms with Gasteiger partial charge in [0.25, 0.3) is 5.69 Å². The Bertz CT molecular complexity index is 797. The zero-order valence-corrected chi connectivity index (χ0v) is 18.8. The lowest BCUT2D eigenvalue weighted by Gasteiger charge is -2.37. The van der Waals surface area contributed by atoms with Crippen LogP contribution in [0.15, 0.2) is 24.3 Å². The van der Waals surface area contributed by atoms with Crippen molar-refractivity contribution in [1.29, 1.82) is 0 Å². The normalized spacial score (nSPS) is 19.4. The molecule has 170 valence electrons. The molecule has 0 aliphatic carbocycles. The lowest BCUT2D eigenvalue weighted by molar-refractivity contribution is -0.384. The Hall–Kier alpha value is -2.64. The van der Waals surface area contributed by atoms with Crippen LogP contribution in [0.25, 0.3) is 0 Å². The molecule has 1 aromatic carbocycles. The predicted octanol–water partition coefficient (Wildman–Crippen LogP) is 3.21.